The first-order valence-corrected chi connectivity index (χ1v) is 4.91. The van der Waals surface area contributed by atoms with Crippen molar-refractivity contribution in [2.24, 2.45) is 0 Å². The Morgan fingerprint density at radius 3 is 2.75 bits per heavy atom. The number of aromatic nitrogens is 1. The van der Waals surface area contributed by atoms with Crippen molar-refractivity contribution in [3.8, 4) is 5.75 Å². The third kappa shape index (κ3) is 2.06. The van der Waals surface area contributed by atoms with Crippen molar-refractivity contribution in [2.75, 3.05) is 18.2 Å². The molecule has 0 saturated heterocycles. The molecule has 0 atom stereocenters. The summed E-state index contributed by atoms with van der Waals surface area (Å²) in [7, 11) is 1.64. The number of pyridine rings is 1. The van der Waals surface area contributed by atoms with E-state index >= 15 is 0 Å². The lowest BCUT2D eigenvalue weighted by molar-refractivity contribution is 0.417. The average Bonchev–Trinajstić information content (AvgIpc) is 2.33. The standard InChI is InChI=1S/C12H13N3O/c1-16-12-5-3-2-4-11(12)15-10-6-7-14-8-9(10)13/h2-8H,13H2,1H3,(H,14,15). The Kier molecular flexibility index (Phi) is 2.91. The van der Waals surface area contributed by atoms with E-state index in [1.54, 1.807) is 19.5 Å². The molecule has 0 aliphatic carbocycles. The van der Waals surface area contributed by atoms with Crippen molar-refractivity contribution in [2.45, 2.75) is 0 Å². The van der Waals surface area contributed by atoms with Gasteiger partial charge in [-0.2, -0.15) is 0 Å². The highest BCUT2D eigenvalue weighted by molar-refractivity contribution is 5.74. The Labute approximate surface area is 94.1 Å². The third-order valence-corrected chi connectivity index (χ3v) is 2.23. The van der Waals surface area contributed by atoms with Gasteiger partial charge >= 0.3 is 0 Å². The van der Waals surface area contributed by atoms with Crippen LogP contribution in [0.4, 0.5) is 17.1 Å². The summed E-state index contributed by atoms with van der Waals surface area (Å²) in [6.45, 7) is 0. The lowest BCUT2D eigenvalue weighted by Gasteiger charge is -2.11. The van der Waals surface area contributed by atoms with E-state index in [9.17, 15) is 0 Å². The molecular weight excluding hydrogens is 202 g/mol. The average molecular weight is 215 g/mol. The fourth-order valence-electron chi connectivity index (χ4n) is 1.41. The van der Waals surface area contributed by atoms with E-state index in [2.05, 4.69) is 10.3 Å². The quantitative estimate of drug-likeness (QED) is 0.825. The summed E-state index contributed by atoms with van der Waals surface area (Å²) in [5.74, 6) is 0.777. The molecule has 1 aromatic carbocycles. The van der Waals surface area contributed by atoms with Crippen LogP contribution in [0, 0.1) is 0 Å². The maximum absolute atomic E-state index is 5.79. The van der Waals surface area contributed by atoms with Crippen LogP contribution in [0.1, 0.15) is 0 Å². The second kappa shape index (κ2) is 4.53. The van der Waals surface area contributed by atoms with E-state index in [0.717, 1.165) is 17.1 Å². The predicted octanol–water partition coefficient (Wildman–Crippen LogP) is 2.42. The summed E-state index contributed by atoms with van der Waals surface area (Å²) in [6, 6.07) is 9.49. The van der Waals surface area contributed by atoms with E-state index in [1.165, 1.54) is 0 Å². The summed E-state index contributed by atoms with van der Waals surface area (Å²) < 4.78 is 5.24. The number of anilines is 3. The first-order chi connectivity index (χ1) is 7.81. The maximum Gasteiger partial charge on any atom is 0.142 e. The second-order valence-corrected chi connectivity index (χ2v) is 3.29. The van der Waals surface area contributed by atoms with Crippen LogP contribution in [0.3, 0.4) is 0 Å². The van der Waals surface area contributed by atoms with E-state index < -0.39 is 0 Å². The number of benzene rings is 1. The molecule has 82 valence electrons. The number of para-hydroxylation sites is 2. The Hall–Kier alpha value is -2.23. The van der Waals surface area contributed by atoms with Crippen LogP contribution in [0.25, 0.3) is 0 Å². The molecule has 0 saturated carbocycles. The number of ether oxygens (including phenoxy) is 1. The molecule has 1 aromatic heterocycles. The second-order valence-electron chi connectivity index (χ2n) is 3.29. The smallest absolute Gasteiger partial charge is 0.142 e. The Balaban J connectivity index is 2.30. The van der Waals surface area contributed by atoms with Gasteiger partial charge in [-0.15, -0.1) is 0 Å². The summed E-state index contributed by atoms with van der Waals surface area (Å²) in [6.07, 6.45) is 3.30. The SMILES string of the molecule is COc1ccccc1Nc1ccncc1N. The lowest BCUT2D eigenvalue weighted by atomic mass is 10.2. The van der Waals surface area contributed by atoms with Gasteiger partial charge in [-0.3, -0.25) is 4.98 Å². The Bertz CT molecular complexity index is 485. The zero-order valence-corrected chi connectivity index (χ0v) is 8.97. The van der Waals surface area contributed by atoms with Gasteiger partial charge in [0.05, 0.1) is 30.4 Å². The number of nitrogens with one attached hydrogen (secondary N) is 1. The van der Waals surface area contributed by atoms with Gasteiger partial charge in [0, 0.05) is 6.20 Å². The number of nitrogens with two attached hydrogens (primary N) is 1. The van der Waals surface area contributed by atoms with E-state index in [-0.39, 0.29) is 0 Å². The molecule has 4 heteroatoms. The topological polar surface area (TPSA) is 60.2 Å². The van der Waals surface area contributed by atoms with Gasteiger partial charge in [0.1, 0.15) is 5.75 Å². The molecule has 2 aromatic rings. The molecule has 2 rings (SSSR count). The highest BCUT2D eigenvalue weighted by atomic mass is 16.5. The van der Waals surface area contributed by atoms with Crippen LogP contribution in [0.5, 0.6) is 5.75 Å². The summed E-state index contributed by atoms with van der Waals surface area (Å²) in [4.78, 5) is 3.93. The molecule has 3 N–H and O–H groups in total. The molecule has 1 heterocycles. The first-order valence-electron chi connectivity index (χ1n) is 4.91. The molecule has 0 fully saturated rings. The molecule has 0 unspecified atom stereocenters. The minimum absolute atomic E-state index is 0.605. The van der Waals surface area contributed by atoms with Gasteiger partial charge in [-0.05, 0) is 18.2 Å². The Morgan fingerprint density at radius 2 is 2.00 bits per heavy atom. The summed E-state index contributed by atoms with van der Waals surface area (Å²) >= 11 is 0. The molecule has 16 heavy (non-hydrogen) atoms. The van der Waals surface area contributed by atoms with Crippen LogP contribution in [0.15, 0.2) is 42.7 Å². The molecule has 0 radical (unpaired) electrons. The molecule has 0 aliphatic rings. The first kappa shape index (κ1) is 10.3. The van der Waals surface area contributed by atoms with E-state index in [4.69, 9.17) is 10.5 Å². The normalized spacial score (nSPS) is 9.81. The monoisotopic (exact) mass is 215 g/mol. The molecule has 0 spiro atoms. The molecule has 0 bridgehead atoms. The van der Waals surface area contributed by atoms with Crippen LogP contribution in [-0.4, -0.2) is 12.1 Å². The largest absolute Gasteiger partial charge is 0.495 e. The van der Waals surface area contributed by atoms with Gasteiger partial charge in [0.25, 0.3) is 0 Å². The van der Waals surface area contributed by atoms with Crippen molar-refractivity contribution in [1.29, 1.82) is 0 Å². The predicted molar refractivity (Wildman–Crippen MR) is 64.9 cm³/mol. The number of rotatable bonds is 3. The third-order valence-electron chi connectivity index (χ3n) is 2.23. The fraction of sp³-hybridized carbons (Fsp3) is 0.0833. The zero-order valence-electron chi connectivity index (χ0n) is 8.97. The molecule has 4 nitrogen and oxygen atoms in total. The summed E-state index contributed by atoms with van der Waals surface area (Å²) in [5, 5.41) is 3.20. The zero-order chi connectivity index (χ0) is 11.4. The van der Waals surface area contributed by atoms with Crippen LogP contribution >= 0.6 is 0 Å². The number of methoxy groups -OCH3 is 1. The van der Waals surface area contributed by atoms with E-state index in [0.29, 0.717) is 5.69 Å². The van der Waals surface area contributed by atoms with Gasteiger partial charge < -0.3 is 15.8 Å². The highest BCUT2D eigenvalue weighted by Gasteiger charge is 2.03. The highest BCUT2D eigenvalue weighted by Crippen LogP contribution is 2.28. The lowest BCUT2D eigenvalue weighted by Crippen LogP contribution is -1.98. The number of nitrogen functional groups attached to an aromatic ring is 1. The molecule has 0 aliphatic heterocycles. The number of hydrogen-bond acceptors (Lipinski definition) is 4. The van der Waals surface area contributed by atoms with Crippen LogP contribution in [-0.2, 0) is 0 Å². The van der Waals surface area contributed by atoms with Crippen molar-refractivity contribution >= 4 is 17.1 Å². The van der Waals surface area contributed by atoms with Gasteiger partial charge in [-0.1, -0.05) is 12.1 Å². The minimum Gasteiger partial charge on any atom is -0.495 e. The van der Waals surface area contributed by atoms with Crippen molar-refractivity contribution in [1.82, 2.24) is 4.98 Å². The van der Waals surface area contributed by atoms with Crippen molar-refractivity contribution in [3.63, 3.8) is 0 Å². The minimum atomic E-state index is 0.605. The Morgan fingerprint density at radius 1 is 1.19 bits per heavy atom. The van der Waals surface area contributed by atoms with Crippen molar-refractivity contribution in [3.05, 3.63) is 42.7 Å². The van der Waals surface area contributed by atoms with Crippen LogP contribution in [0.2, 0.25) is 0 Å². The molecular formula is C12H13N3O. The van der Waals surface area contributed by atoms with E-state index in [1.807, 2.05) is 30.3 Å². The van der Waals surface area contributed by atoms with Crippen molar-refractivity contribution < 1.29 is 4.74 Å². The molecule has 0 amide bonds. The summed E-state index contributed by atoms with van der Waals surface area (Å²) in [5.41, 5.74) is 8.10. The van der Waals surface area contributed by atoms with Crippen LogP contribution < -0.4 is 15.8 Å². The number of nitrogens with zero attached hydrogens (tertiary/aromatic N) is 1. The fourth-order valence-corrected chi connectivity index (χ4v) is 1.41. The maximum atomic E-state index is 5.79. The number of hydrogen-bond donors (Lipinski definition) is 2. The van der Waals surface area contributed by atoms with Gasteiger partial charge in [0.15, 0.2) is 0 Å². The van der Waals surface area contributed by atoms with Gasteiger partial charge in [0.2, 0.25) is 0 Å². The van der Waals surface area contributed by atoms with Gasteiger partial charge in [-0.25, -0.2) is 0 Å².